The van der Waals surface area contributed by atoms with Crippen molar-refractivity contribution in [2.45, 2.75) is 24.9 Å². The molecule has 132 valence electrons. The van der Waals surface area contributed by atoms with E-state index in [1.54, 1.807) is 0 Å². The molecule has 1 saturated heterocycles. The lowest BCUT2D eigenvalue weighted by atomic mass is 10.1. The maximum atomic E-state index is 12.2. The number of nitrogens with one attached hydrogen (secondary N) is 1. The van der Waals surface area contributed by atoms with Gasteiger partial charge in [-0.05, 0) is 43.5 Å². The first-order valence-corrected chi connectivity index (χ1v) is 9.18. The highest BCUT2D eigenvalue weighted by Gasteiger charge is 2.14. The first-order chi connectivity index (χ1) is 12.0. The number of anilines is 4. The molecule has 0 radical (unpaired) electrons. The zero-order chi connectivity index (χ0) is 17.8. The monoisotopic (exact) mass is 358 g/mol. The highest BCUT2D eigenvalue weighted by molar-refractivity contribution is 7.99. The van der Waals surface area contributed by atoms with Gasteiger partial charge >= 0.3 is 0 Å². The number of aromatic nitrogens is 2. The molecule has 1 amide bonds. The van der Waals surface area contributed by atoms with Gasteiger partial charge in [0.1, 0.15) is 11.6 Å². The van der Waals surface area contributed by atoms with Crippen molar-refractivity contribution in [2.75, 3.05) is 40.5 Å². The lowest BCUT2D eigenvalue weighted by Gasteiger charge is -2.19. The van der Waals surface area contributed by atoms with Crippen LogP contribution in [0.15, 0.2) is 29.4 Å². The van der Waals surface area contributed by atoms with Crippen molar-refractivity contribution in [3.05, 3.63) is 29.8 Å². The number of carbonyl (C=O) groups is 1. The van der Waals surface area contributed by atoms with E-state index in [2.05, 4.69) is 32.3 Å². The molecule has 0 spiro atoms. The van der Waals surface area contributed by atoms with Crippen molar-refractivity contribution in [1.29, 1.82) is 0 Å². The zero-order valence-electron chi connectivity index (χ0n) is 14.2. The Morgan fingerprint density at radius 2 is 1.88 bits per heavy atom. The second kappa shape index (κ2) is 7.60. The van der Waals surface area contributed by atoms with Gasteiger partial charge < -0.3 is 21.7 Å². The summed E-state index contributed by atoms with van der Waals surface area (Å²) in [5.74, 6) is 0.662. The summed E-state index contributed by atoms with van der Waals surface area (Å²) in [5.41, 5.74) is 14.3. The molecule has 1 aromatic carbocycles. The van der Waals surface area contributed by atoms with Crippen LogP contribution in [0.5, 0.6) is 0 Å². The van der Waals surface area contributed by atoms with Crippen molar-refractivity contribution in [3.8, 4) is 0 Å². The van der Waals surface area contributed by atoms with E-state index in [9.17, 15) is 4.79 Å². The molecule has 5 N–H and O–H groups in total. The quantitative estimate of drug-likeness (QED) is 0.555. The van der Waals surface area contributed by atoms with Gasteiger partial charge in [-0.15, -0.1) is 0 Å². The summed E-state index contributed by atoms with van der Waals surface area (Å²) < 4.78 is 0. The molecule has 8 heteroatoms. The fourth-order valence-electron chi connectivity index (χ4n) is 2.80. The maximum absolute atomic E-state index is 12.2. The van der Waals surface area contributed by atoms with Crippen LogP contribution in [0.1, 0.15) is 18.4 Å². The topological polar surface area (TPSA) is 110 Å². The van der Waals surface area contributed by atoms with E-state index in [1.165, 1.54) is 36.4 Å². The van der Waals surface area contributed by atoms with Crippen LogP contribution < -0.4 is 21.7 Å². The van der Waals surface area contributed by atoms with Crippen LogP contribution >= 0.6 is 11.8 Å². The molecule has 0 bridgehead atoms. The molecule has 25 heavy (non-hydrogen) atoms. The molecule has 2 heterocycles. The van der Waals surface area contributed by atoms with Gasteiger partial charge in [-0.1, -0.05) is 11.8 Å². The number of carbonyl (C=O) groups excluding carboxylic acids is 1. The van der Waals surface area contributed by atoms with Crippen LogP contribution in [-0.4, -0.2) is 34.7 Å². The van der Waals surface area contributed by atoms with E-state index >= 15 is 0 Å². The summed E-state index contributed by atoms with van der Waals surface area (Å²) in [6, 6.07) is 7.62. The Morgan fingerprint density at radius 3 is 2.52 bits per heavy atom. The molecular weight excluding hydrogens is 336 g/mol. The number of benzene rings is 1. The molecule has 1 aromatic heterocycles. The third kappa shape index (κ3) is 4.54. The summed E-state index contributed by atoms with van der Waals surface area (Å²) in [5, 5.41) is 3.33. The highest BCUT2D eigenvalue weighted by atomic mass is 32.2. The molecule has 0 saturated carbocycles. The summed E-state index contributed by atoms with van der Waals surface area (Å²) >= 11 is 1.20. The van der Waals surface area contributed by atoms with Crippen LogP contribution in [0.2, 0.25) is 0 Å². The molecule has 0 atom stereocenters. The predicted octanol–water partition coefficient (Wildman–Crippen LogP) is 2.28. The molecule has 1 aliphatic heterocycles. The predicted molar refractivity (Wildman–Crippen MR) is 103 cm³/mol. The molecule has 0 aliphatic carbocycles. The summed E-state index contributed by atoms with van der Waals surface area (Å²) in [6.07, 6.45) is 2.48. The average Bonchev–Trinajstić information content (AvgIpc) is 3.08. The van der Waals surface area contributed by atoms with E-state index < -0.39 is 0 Å². The van der Waals surface area contributed by atoms with Crippen LogP contribution in [0.4, 0.5) is 23.0 Å². The number of nitrogen functional groups attached to an aromatic ring is 2. The van der Waals surface area contributed by atoms with Gasteiger partial charge in [0.15, 0.2) is 5.16 Å². The lowest BCUT2D eigenvalue weighted by Crippen LogP contribution is -2.18. The highest BCUT2D eigenvalue weighted by Crippen LogP contribution is 2.26. The van der Waals surface area contributed by atoms with Crippen molar-refractivity contribution < 1.29 is 4.79 Å². The average molecular weight is 358 g/mol. The van der Waals surface area contributed by atoms with E-state index in [-0.39, 0.29) is 11.7 Å². The zero-order valence-corrected chi connectivity index (χ0v) is 15.0. The lowest BCUT2D eigenvalue weighted by molar-refractivity contribution is -0.113. The first kappa shape index (κ1) is 17.3. The molecule has 3 rings (SSSR count). The van der Waals surface area contributed by atoms with E-state index in [0.717, 1.165) is 24.3 Å². The Labute approximate surface area is 151 Å². The van der Waals surface area contributed by atoms with Gasteiger partial charge in [-0.25, -0.2) is 9.97 Å². The summed E-state index contributed by atoms with van der Waals surface area (Å²) in [4.78, 5) is 22.7. The van der Waals surface area contributed by atoms with Gasteiger partial charge in [0.25, 0.3) is 0 Å². The Bertz CT molecular complexity index is 755. The Balaban J connectivity index is 1.58. The van der Waals surface area contributed by atoms with Crippen molar-refractivity contribution >= 4 is 40.7 Å². The number of hydrogen-bond donors (Lipinski definition) is 3. The van der Waals surface area contributed by atoms with Gasteiger partial charge in [-0.2, -0.15) is 0 Å². The SMILES string of the molecule is Cc1cc(N2CCCC2)ccc1NC(=O)CSc1nc(N)cc(N)n1. The minimum atomic E-state index is -0.119. The van der Waals surface area contributed by atoms with Gasteiger partial charge in [0.2, 0.25) is 5.91 Å². The van der Waals surface area contributed by atoms with Crippen molar-refractivity contribution in [1.82, 2.24) is 9.97 Å². The molecular formula is C17H22N6OS. The fraction of sp³-hybridized carbons (Fsp3) is 0.353. The number of nitrogens with zero attached hydrogens (tertiary/aromatic N) is 3. The van der Waals surface area contributed by atoms with Crippen LogP contribution in [-0.2, 0) is 4.79 Å². The fourth-order valence-corrected chi connectivity index (χ4v) is 3.48. The number of nitrogens with two attached hydrogens (primary N) is 2. The van der Waals surface area contributed by atoms with Crippen molar-refractivity contribution in [2.24, 2.45) is 0 Å². The second-order valence-electron chi connectivity index (χ2n) is 6.03. The first-order valence-electron chi connectivity index (χ1n) is 8.19. The van der Waals surface area contributed by atoms with Gasteiger partial charge in [0, 0.05) is 30.5 Å². The normalized spacial score (nSPS) is 13.9. The van der Waals surface area contributed by atoms with Crippen LogP contribution in [0.25, 0.3) is 0 Å². The minimum Gasteiger partial charge on any atom is -0.383 e. The number of aryl methyl sites for hydroxylation is 1. The third-order valence-electron chi connectivity index (χ3n) is 4.03. The van der Waals surface area contributed by atoms with Gasteiger partial charge in [0.05, 0.1) is 5.75 Å². The molecule has 2 aromatic rings. The molecule has 0 unspecified atom stereocenters. The van der Waals surface area contributed by atoms with Crippen LogP contribution in [0.3, 0.4) is 0 Å². The van der Waals surface area contributed by atoms with Crippen LogP contribution in [0, 0.1) is 6.92 Å². The number of rotatable bonds is 5. The minimum absolute atomic E-state index is 0.119. The Hall–Kier alpha value is -2.48. The molecule has 1 aliphatic rings. The number of thioether (sulfide) groups is 1. The second-order valence-corrected chi connectivity index (χ2v) is 6.97. The van der Waals surface area contributed by atoms with Crippen molar-refractivity contribution in [3.63, 3.8) is 0 Å². The summed E-state index contributed by atoms with van der Waals surface area (Å²) in [7, 11) is 0. The third-order valence-corrected chi connectivity index (χ3v) is 4.88. The van der Waals surface area contributed by atoms with E-state index in [4.69, 9.17) is 11.5 Å². The number of amides is 1. The summed E-state index contributed by atoms with van der Waals surface area (Å²) in [6.45, 7) is 4.21. The molecule has 1 fully saturated rings. The smallest absolute Gasteiger partial charge is 0.234 e. The van der Waals surface area contributed by atoms with Gasteiger partial charge in [-0.3, -0.25) is 4.79 Å². The Kier molecular flexibility index (Phi) is 5.28. The van der Waals surface area contributed by atoms with E-state index in [0.29, 0.717) is 16.8 Å². The Morgan fingerprint density at radius 1 is 1.20 bits per heavy atom. The molecule has 7 nitrogen and oxygen atoms in total. The standard InChI is InChI=1S/C17H22N6OS/c1-11-8-12(23-6-2-3-7-23)4-5-13(11)20-16(24)10-25-17-21-14(18)9-15(19)22-17/h4-5,8-9H,2-3,6-7,10H2,1H3,(H,20,24)(H4,18,19,21,22). The maximum Gasteiger partial charge on any atom is 0.234 e. The van der Waals surface area contributed by atoms with E-state index in [1.807, 2.05) is 13.0 Å². The number of hydrogen-bond acceptors (Lipinski definition) is 7. The largest absolute Gasteiger partial charge is 0.383 e.